The van der Waals surface area contributed by atoms with Gasteiger partial charge in [0.15, 0.2) is 4.34 Å². The fourth-order valence-corrected chi connectivity index (χ4v) is 4.30. The first-order valence-corrected chi connectivity index (χ1v) is 7.01. The normalized spacial score (nSPS) is 36.7. The fourth-order valence-electron chi connectivity index (χ4n) is 2.42. The van der Waals surface area contributed by atoms with E-state index in [1.807, 2.05) is 11.8 Å². The monoisotopic (exact) mass is 243 g/mol. The van der Waals surface area contributed by atoms with Gasteiger partial charge >= 0.3 is 0 Å². The van der Waals surface area contributed by atoms with Gasteiger partial charge in [0.1, 0.15) is 6.33 Å². The quantitative estimate of drug-likeness (QED) is 0.866. The number of nitrogens with zero attached hydrogens (tertiary/aromatic N) is 2. The molecule has 5 heteroatoms. The maximum atomic E-state index is 6.21. The highest BCUT2D eigenvalue weighted by Gasteiger charge is 2.32. The standard InChI is InChI=1S/C10H17N3S2/c1-6-3-7(2)9(8(11)4-6)14-10-12-5-13-15-10/h5-9H,3-4,11H2,1-2H3. The Hall–Kier alpha value is -0.130. The highest BCUT2D eigenvalue weighted by atomic mass is 32.2. The van der Waals surface area contributed by atoms with E-state index in [0.29, 0.717) is 17.2 Å². The second-order valence-electron chi connectivity index (χ2n) is 4.51. The highest BCUT2D eigenvalue weighted by molar-refractivity contribution is 8.01. The molecule has 0 radical (unpaired) electrons. The highest BCUT2D eigenvalue weighted by Crippen LogP contribution is 2.38. The van der Waals surface area contributed by atoms with Crippen LogP contribution in [0.15, 0.2) is 10.7 Å². The van der Waals surface area contributed by atoms with Crippen molar-refractivity contribution < 1.29 is 0 Å². The number of thioether (sulfide) groups is 1. The summed E-state index contributed by atoms with van der Waals surface area (Å²) < 4.78 is 5.07. The summed E-state index contributed by atoms with van der Waals surface area (Å²) in [4.78, 5) is 4.21. The van der Waals surface area contributed by atoms with Crippen LogP contribution < -0.4 is 5.73 Å². The summed E-state index contributed by atoms with van der Waals surface area (Å²) in [5, 5.41) is 0.508. The first-order chi connectivity index (χ1) is 7.16. The Labute approximate surface area is 99.0 Å². The van der Waals surface area contributed by atoms with Crippen LogP contribution >= 0.6 is 23.3 Å². The van der Waals surface area contributed by atoms with Crippen LogP contribution in [0.25, 0.3) is 0 Å². The van der Waals surface area contributed by atoms with Crippen LogP contribution in [-0.2, 0) is 0 Å². The van der Waals surface area contributed by atoms with E-state index in [0.717, 1.165) is 16.7 Å². The van der Waals surface area contributed by atoms with Crippen LogP contribution in [0, 0.1) is 11.8 Å². The molecule has 2 N–H and O–H groups in total. The van der Waals surface area contributed by atoms with Gasteiger partial charge in [-0.2, -0.15) is 4.37 Å². The Morgan fingerprint density at radius 3 is 2.87 bits per heavy atom. The zero-order valence-electron chi connectivity index (χ0n) is 9.09. The van der Waals surface area contributed by atoms with Crippen LogP contribution in [0.1, 0.15) is 26.7 Å². The molecule has 1 saturated carbocycles. The van der Waals surface area contributed by atoms with Gasteiger partial charge in [-0.25, -0.2) is 4.98 Å². The molecule has 0 spiro atoms. The Kier molecular flexibility index (Phi) is 3.64. The van der Waals surface area contributed by atoms with Crippen molar-refractivity contribution in [1.82, 2.24) is 9.36 Å². The molecule has 3 nitrogen and oxygen atoms in total. The molecule has 0 bridgehead atoms. The zero-order chi connectivity index (χ0) is 10.8. The number of rotatable bonds is 2. The van der Waals surface area contributed by atoms with Crippen LogP contribution in [0.3, 0.4) is 0 Å². The van der Waals surface area contributed by atoms with E-state index in [2.05, 4.69) is 23.2 Å². The Morgan fingerprint density at radius 2 is 2.27 bits per heavy atom. The van der Waals surface area contributed by atoms with Crippen LogP contribution in [0.5, 0.6) is 0 Å². The summed E-state index contributed by atoms with van der Waals surface area (Å²) in [7, 11) is 0. The lowest BCUT2D eigenvalue weighted by atomic mass is 9.80. The van der Waals surface area contributed by atoms with Crippen LogP contribution in [0.4, 0.5) is 0 Å². The fraction of sp³-hybridized carbons (Fsp3) is 0.800. The van der Waals surface area contributed by atoms with Gasteiger partial charge in [-0.15, -0.1) is 0 Å². The number of aromatic nitrogens is 2. The molecule has 0 aromatic carbocycles. The first-order valence-electron chi connectivity index (χ1n) is 5.35. The summed E-state index contributed by atoms with van der Waals surface area (Å²) in [6.07, 6.45) is 4.04. The summed E-state index contributed by atoms with van der Waals surface area (Å²) >= 11 is 3.28. The minimum Gasteiger partial charge on any atom is -0.327 e. The van der Waals surface area contributed by atoms with E-state index in [1.54, 1.807) is 6.33 Å². The summed E-state index contributed by atoms with van der Waals surface area (Å²) in [5.74, 6) is 1.44. The average Bonchev–Trinajstić information content (AvgIpc) is 2.63. The molecule has 2 rings (SSSR count). The average molecular weight is 243 g/mol. The second kappa shape index (κ2) is 4.80. The number of hydrogen-bond donors (Lipinski definition) is 1. The Balaban J connectivity index is 2.01. The van der Waals surface area contributed by atoms with Crippen LogP contribution in [-0.4, -0.2) is 20.6 Å². The summed E-state index contributed by atoms with van der Waals surface area (Å²) in [6.45, 7) is 4.59. The Bertz CT molecular complexity index is 290. The largest absolute Gasteiger partial charge is 0.327 e. The topological polar surface area (TPSA) is 51.8 Å². The lowest BCUT2D eigenvalue weighted by Crippen LogP contribution is -2.42. The van der Waals surface area contributed by atoms with Crippen molar-refractivity contribution in [2.75, 3.05) is 0 Å². The predicted octanol–water partition coefficient (Wildman–Crippen LogP) is 2.39. The van der Waals surface area contributed by atoms with Gasteiger partial charge in [-0.3, -0.25) is 0 Å². The molecule has 0 aliphatic heterocycles. The van der Waals surface area contributed by atoms with Crippen molar-refractivity contribution in [2.24, 2.45) is 17.6 Å². The maximum Gasteiger partial charge on any atom is 0.170 e. The minimum absolute atomic E-state index is 0.303. The third-order valence-electron chi connectivity index (χ3n) is 3.01. The molecule has 1 aromatic rings. The van der Waals surface area contributed by atoms with E-state index >= 15 is 0 Å². The molecule has 1 fully saturated rings. The molecule has 4 atom stereocenters. The molecule has 1 aliphatic rings. The lowest BCUT2D eigenvalue weighted by Gasteiger charge is -2.36. The third kappa shape index (κ3) is 2.71. The summed E-state index contributed by atoms with van der Waals surface area (Å²) in [5.41, 5.74) is 6.21. The van der Waals surface area contributed by atoms with Crippen molar-refractivity contribution >= 4 is 23.3 Å². The minimum atomic E-state index is 0.303. The van der Waals surface area contributed by atoms with Gasteiger partial charge in [-0.1, -0.05) is 25.6 Å². The number of hydrogen-bond acceptors (Lipinski definition) is 5. The molecule has 15 heavy (non-hydrogen) atoms. The van der Waals surface area contributed by atoms with Gasteiger partial charge < -0.3 is 5.73 Å². The van der Waals surface area contributed by atoms with E-state index < -0.39 is 0 Å². The van der Waals surface area contributed by atoms with E-state index in [1.165, 1.54) is 18.0 Å². The summed E-state index contributed by atoms with van der Waals surface area (Å²) in [6, 6.07) is 0.303. The van der Waals surface area contributed by atoms with Gasteiger partial charge in [0, 0.05) is 11.3 Å². The number of nitrogens with two attached hydrogens (primary N) is 1. The van der Waals surface area contributed by atoms with Gasteiger partial charge in [0.05, 0.1) is 0 Å². The lowest BCUT2D eigenvalue weighted by molar-refractivity contribution is 0.279. The molecule has 1 aromatic heterocycles. The first kappa shape index (κ1) is 11.4. The van der Waals surface area contributed by atoms with Gasteiger partial charge in [0.25, 0.3) is 0 Å². The molecule has 1 heterocycles. The third-order valence-corrected chi connectivity index (χ3v) is 5.38. The van der Waals surface area contributed by atoms with Crippen molar-refractivity contribution in [1.29, 1.82) is 0 Å². The Morgan fingerprint density at radius 1 is 1.47 bits per heavy atom. The van der Waals surface area contributed by atoms with E-state index in [-0.39, 0.29) is 0 Å². The molecule has 84 valence electrons. The molecular formula is C10H17N3S2. The molecule has 0 amide bonds. The van der Waals surface area contributed by atoms with Crippen molar-refractivity contribution in [2.45, 2.75) is 42.3 Å². The molecular weight excluding hydrogens is 226 g/mol. The molecule has 4 unspecified atom stereocenters. The van der Waals surface area contributed by atoms with Crippen molar-refractivity contribution in [3.63, 3.8) is 0 Å². The zero-order valence-corrected chi connectivity index (χ0v) is 10.7. The molecule has 0 saturated heterocycles. The van der Waals surface area contributed by atoms with Crippen LogP contribution in [0.2, 0.25) is 0 Å². The van der Waals surface area contributed by atoms with Crippen molar-refractivity contribution in [3.8, 4) is 0 Å². The second-order valence-corrected chi connectivity index (χ2v) is 6.71. The van der Waals surface area contributed by atoms with Crippen molar-refractivity contribution in [3.05, 3.63) is 6.33 Å². The molecule has 1 aliphatic carbocycles. The van der Waals surface area contributed by atoms with Gasteiger partial charge in [0.2, 0.25) is 0 Å². The predicted molar refractivity (Wildman–Crippen MR) is 65.1 cm³/mol. The van der Waals surface area contributed by atoms with Gasteiger partial charge in [-0.05, 0) is 36.2 Å². The SMILES string of the molecule is CC1CC(C)C(Sc2ncns2)C(N)C1. The van der Waals surface area contributed by atoms with E-state index in [9.17, 15) is 0 Å². The smallest absolute Gasteiger partial charge is 0.170 e. The maximum absolute atomic E-state index is 6.21. The van der Waals surface area contributed by atoms with E-state index in [4.69, 9.17) is 5.73 Å².